The van der Waals surface area contributed by atoms with E-state index in [1.54, 1.807) is 6.33 Å². The lowest BCUT2D eigenvalue weighted by Crippen LogP contribution is -2.42. The van der Waals surface area contributed by atoms with Crippen LogP contribution in [0.15, 0.2) is 6.33 Å². The molecule has 0 aromatic carbocycles. The molecule has 2 saturated heterocycles. The summed E-state index contributed by atoms with van der Waals surface area (Å²) in [5, 5.41) is 3.53. The highest BCUT2D eigenvalue weighted by Gasteiger charge is 2.32. The molecule has 2 atom stereocenters. The summed E-state index contributed by atoms with van der Waals surface area (Å²) in [5.41, 5.74) is 7.21. The van der Waals surface area contributed by atoms with Crippen molar-refractivity contribution in [3.05, 3.63) is 6.33 Å². The number of fused-ring (bicyclic) bond motifs is 2. The number of aromatic nitrogens is 4. The molecule has 0 saturated carbocycles. The van der Waals surface area contributed by atoms with Crippen LogP contribution >= 0.6 is 0 Å². The van der Waals surface area contributed by atoms with Gasteiger partial charge in [-0.25, -0.2) is 4.98 Å². The summed E-state index contributed by atoms with van der Waals surface area (Å²) in [7, 11) is 0. The fraction of sp³-hybridized carbons (Fsp3) is 0.615. The van der Waals surface area contributed by atoms with Gasteiger partial charge < -0.3 is 20.9 Å². The average molecular weight is 273 g/mol. The lowest BCUT2D eigenvalue weighted by Gasteiger charge is -2.35. The second kappa shape index (κ2) is 4.59. The number of nitrogens with two attached hydrogens (primary N) is 1. The van der Waals surface area contributed by atoms with E-state index in [4.69, 9.17) is 5.73 Å². The fourth-order valence-corrected chi connectivity index (χ4v) is 3.50. The van der Waals surface area contributed by atoms with E-state index in [2.05, 4.69) is 30.2 Å². The third-order valence-corrected chi connectivity index (χ3v) is 4.46. The highest BCUT2D eigenvalue weighted by Crippen LogP contribution is 2.29. The minimum absolute atomic E-state index is 0.269. The van der Waals surface area contributed by atoms with Gasteiger partial charge >= 0.3 is 0 Å². The van der Waals surface area contributed by atoms with Crippen LogP contribution < -0.4 is 11.1 Å². The molecule has 2 fully saturated rings. The number of piperidine rings is 1. The van der Waals surface area contributed by atoms with Gasteiger partial charge in [-0.3, -0.25) is 0 Å². The molecule has 0 bridgehead atoms. The van der Waals surface area contributed by atoms with Crippen molar-refractivity contribution in [3.8, 4) is 0 Å². The topological polar surface area (TPSA) is 95.8 Å². The van der Waals surface area contributed by atoms with Crippen molar-refractivity contribution in [2.45, 2.75) is 37.8 Å². The van der Waals surface area contributed by atoms with Crippen molar-refractivity contribution in [2.24, 2.45) is 0 Å². The fourth-order valence-electron chi connectivity index (χ4n) is 3.50. The summed E-state index contributed by atoms with van der Waals surface area (Å²) in [4.78, 5) is 18.3. The number of nitrogens with one attached hydrogen (secondary N) is 2. The molecule has 0 radical (unpaired) electrons. The summed E-state index contributed by atoms with van der Waals surface area (Å²) < 4.78 is 0. The molecule has 4 rings (SSSR count). The van der Waals surface area contributed by atoms with Gasteiger partial charge in [0, 0.05) is 18.6 Å². The number of hydrogen-bond donors (Lipinski definition) is 3. The maximum Gasteiger partial charge on any atom is 0.224 e. The zero-order chi connectivity index (χ0) is 13.5. The summed E-state index contributed by atoms with van der Waals surface area (Å²) in [6.45, 7) is 2.44. The Morgan fingerprint density at radius 2 is 2.25 bits per heavy atom. The molecule has 2 aliphatic heterocycles. The van der Waals surface area contributed by atoms with Gasteiger partial charge in [0.15, 0.2) is 11.5 Å². The number of nitrogen functional groups attached to an aromatic ring is 1. The zero-order valence-electron chi connectivity index (χ0n) is 11.3. The predicted molar refractivity (Wildman–Crippen MR) is 77.3 cm³/mol. The van der Waals surface area contributed by atoms with Crippen LogP contribution in [-0.2, 0) is 0 Å². The molecular formula is C13H19N7. The van der Waals surface area contributed by atoms with Crippen molar-refractivity contribution >= 4 is 22.9 Å². The Kier molecular flexibility index (Phi) is 2.73. The molecule has 4 heterocycles. The standard InChI is InChI=1S/C13H19N7/c14-13-18-11-10(15-7-16-11)12(19-13)17-8-3-5-20-4-1-2-9(20)6-8/h7-9H,1-6H2,(H4,14,15,16,17,18,19). The number of hydrogen-bond acceptors (Lipinski definition) is 6. The Balaban J connectivity index is 1.56. The van der Waals surface area contributed by atoms with Crippen LogP contribution in [-0.4, -0.2) is 50.0 Å². The van der Waals surface area contributed by atoms with Gasteiger partial charge in [0.2, 0.25) is 5.95 Å². The highest BCUT2D eigenvalue weighted by atomic mass is 15.2. The minimum atomic E-state index is 0.269. The Morgan fingerprint density at radius 3 is 3.20 bits per heavy atom. The Labute approximate surface area is 117 Å². The number of H-pyrrole nitrogens is 1. The van der Waals surface area contributed by atoms with Gasteiger partial charge in [-0.05, 0) is 32.2 Å². The second-order valence-corrected chi connectivity index (χ2v) is 5.73. The zero-order valence-corrected chi connectivity index (χ0v) is 11.3. The molecule has 7 nitrogen and oxygen atoms in total. The molecule has 0 spiro atoms. The van der Waals surface area contributed by atoms with Crippen LogP contribution in [0.4, 0.5) is 11.8 Å². The van der Waals surface area contributed by atoms with Crippen LogP contribution in [0.3, 0.4) is 0 Å². The maximum absolute atomic E-state index is 5.75. The lowest BCUT2D eigenvalue weighted by atomic mass is 9.97. The Hall–Kier alpha value is -1.89. The monoisotopic (exact) mass is 273 g/mol. The van der Waals surface area contributed by atoms with E-state index in [9.17, 15) is 0 Å². The first-order valence-electron chi connectivity index (χ1n) is 7.27. The molecule has 7 heteroatoms. The van der Waals surface area contributed by atoms with Crippen molar-refractivity contribution in [1.82, 2.24) is 24.8 Å². The first kappa shape index (κ1) is 11.9. The van der Waals surface area contributed by atoms with Gasteiger partial charge in [0.25, 0.3) is 0 Å². The number of rotatable bonds is 2. The highest BCUT2D eigenvalue weighted by molar-refractivity contribution is 5.83. The van der Waals surface area contributed by atoms with Gasteiger partial charge in [0.1, 0.15) is 5.52 Å². The number of aromatic amines is 1. The summed E-state index contributed by atoms with van der Waals surface area (Å²) >= 11 is 0. The predicted octanol–water partition coefficient (Wildman–Crippen LogP) is 0.974. The van der Waals surface area contributed by atoms with Crippen molar-refractivity contribution in [1.29, 1.82) is 0 Å². The van der Waals surface area contributed by atoms with Gasteiger partial charge in [-0.2, -0.15) is 9.97 Å². The molecule has 0 aliphatic carbocycles. The molecule has 2 aromatic heterocycles. The first-order valence-corrected chi connectivity index (χ1v) is 7.27. The third kappa shape index (κ3) is 1.98. The Morgan fingerprint density at radius 1 is 1.30 bits per heavy atom. The second-order valence-electron chi connectivity index (χ2n) is 5.73. The van der Waals surface area contributed by atoms with Crippen LogP contribution in [0.25, 0.3) is 11.2 Å². The molecule has 20 heavy (non-hydrogen) atoms. The van der Waals surface area contributed by atoms with E-state index in [1.807, 2.05) is 0 Å². The average Bonchev–Trinajstić information content (AvgIpc) is 3.05. The third-order valence-electron chi connectivity index (χ3n) is 4.46. The maximum atomic E-state index is 5.75. The van der Waals surface area contributed by atoms with Gasteiger partial charge in [-0.1, -0.05) is 0 Å². The van der Waals surface area contributed by atoms with Gasteiger partial charge in [-0.15, -0.1) is 0 Å². The van der Waals surface area contributed by atoms with Crippen molar-refractivity contribution in [3.63, 3.8) is 0 Å². The molecule has 0 amide bonds. The van der Waals surface area contributed by atoms with Gasteiger partial charge in [0.05, 0.1) is 6.33 Å². The van der Waals surface area contributed by atoms with Crippen molar-refractivity contribution < 1.29 is 0 Å². The minimum Gasteiger partial charge on any atom is -0.368 e. The first-order chi connectivity index (χ1) is 9.79. The van der Waals surface area contributed by atoms with E-state index >= 15 is 0 Å². The van der Waals surface area contributed by atoms with Crippen molar-refractivity contribution in [2.75, 3.05) is 24.1 Å². The summed E-state index contributed by atoms with van der Waals surface area (Å²) in [5.74, 6) is 1.05. The number of anilines is 2. The van der Waals surface area contributed by atoms with Crippen LogP contribution in [0.5, 0.6) is 0 Å². The van der Waals surface area contributed by atoms with E-state index in [0.717, 1.165) is 23.8 Å². The van der Waals surface area contributed by atoms with E-state index in [-0.39, 0.29) is 5.95 Å². The number of nitrogens with zero attached hydrogens (tertiary/aromatic N) is 4. The van der Waals surface area contributed by atoms with Crippen LogP contribution in [0, 0.1) is 0 Å². The van der Waals surface area contributed by atoms with E-state index in [0.29, 0.717) is 11.7 Å². The smallest absolute Gasteiger partial charge is 0.224 e. The Bertz CT molecular complexity index is 622. The molecule has 2 aromatic rings. The van der Waals surface area contributed by atoms with Crippen LogP contribution in [0.2, 0.25) is 0 Å². The van der Waals surface area contributed by atoms with Crippen LogP contribution in [0.1, 0.15) is 25.7 Å². The molecular weight excluding hydrogens is 254 g/mol. The van der Waals surface area contributed by atoms with E-state index in [1.165, 1.54) is 32.4 Å². The SMILES string of the molecule is Nc1nc(NC2CCN3CCCC3C2)c2[nH]cnc2n1. The largest absolute Gasteiger partial charge is 0.368 e. The lowest BCUT2D eigenvalue weighted by molar-refractivity contribution is 0.188. The molecule has 2 aliphatic rings. The van der Waals surface area contributed by atoms with E-state index < -0.39 is 0 Å². The normalized spacial score (nSPS) is 26.8. The molecule has 4 N–H and O–H groups in total. The molecule has 2 unspecified atom stereocenters. The summed E-state index contributed by atoms with van der Waals surface area (Å²) in [6.07, 6.45) is 6.62. The number of imidazole rings is 1. The molecule has 106 valence electrons. The quantitative estimate of drug-likeness (QED) is 0.754. The summed E-state index contributed by atoms with van der Waals surface area (Å²) in [6, 6.07) is 1.19.